The van der Waals surface area contributed by atoms with E-state index in [4.69, 9.17) is 4.74 Å². The summed E-state index contributed by atoms with van der Waals surface area (Å²) in [6.07, 6.45) is 2.35. The smallest absolute Gasteiger partial charge is 0.0589 e. The van der Waals surface area contributed by atoms with Crippen molar-refractivity contribution < 1.29 is 4.74 Å². The lowest BCUT2D eigenvalue weighted by molar-refractivity contribution is 0.118. The van der Waals surface area contributed by atoms with Crippen LogP contribution in [0, 0.1) is 0 Å². The standard InChI is InChI=1S/C18H32N2O/c1-5-10-19-14-17-8-7-9-18(13-17)15-20(11-12-21-4)16(3)6-2/h7-9,13,16,19H,5-6,10-12,14-15H2,1-4H3. The minimum Gasteiger partial charge on any atom is -0.383 e. The van der Waals surface area contributed by atoms with Crippen LogP contribution in [0.3, 0.4) is 0 Å². The van der Waals surface area contributed by atoms with Crippen molar-refractivity contribution in [1.29, 1.82) is 0 Å². The van der Waals surface area contributed by atoms with Gasteiger partial charge in [-0.25, -0.2) is 0 Å². The van der Waals surface area contributed by atoms with Gasteiger partial charge in [0.1, 0.15) is 0 Å². The zero-order valence-corrected chi connectivity index (χ0v) is 14.2. The largest absolute Gasteiger partial charge is 0.383 e. The van der Waals surface area contributed by atoms with Gasteiger partial charge in [0.05, 0.1) is 6.61 Å². The van der Waals surface area contributed by atoms with Crippen molar-refractivity contribution in [1.82, 2.24) is 10.2 Å². The van der Waals surface area contributed by atoms with Crippen LogP contribution in [0.25, 0.3) is 0 Å². The van der Waals surface area contributed by atoms with Gasteiger partial charge in [0, 0.05) is 32.8 Å². The normalized spacial score (nSPS) is 12.8. The van der Waals surface area contributed by atoms with Crippen LogP contribution < -0.4 is 5.32 Å². The van der Waals surface area contributed by atoms with Crippen LogP contribution in [0.15, 0.2) is 24.3 Å². The molecular formula is C18H32N2O. The molecule has 1 N–H and O–H groups in total. The van der Waals surface area contributed by atoms with E-state index in [0.717, 1.165) is 32.8 Å². The van der Waals surface area contributed by atoms with E-state index in [-0.39, 0.29) is 0 Å². The Bertz CT molecular complexity index is 381. The van der Waals surface area contributed by atoms with E-state index >= 15 is 0 Å². The Labute approximate surface area is 130 Å². The van der Waals surface area contributed by atoms with Crippen LogP contribution in [0.2, 0.25) is 0 Å². The molecule has 0 saturated carbocycles. The van der Waals surface area contributed by atoms with Crippen LogP contribution in [0.4, 0.5) is 0 Å². The lowest BCUT2D eigenvalue weighted by Gasteiger charge is -2.28. The number of hydrogen-bond donors (Lipinski definition) is 1. The van der Waals surface area contributed by atoms with Crippen molar-refractivity contribution in [2.24, 2.45) is 0 Å². The molecule has 1 aromatic carbocycles. The molecule has 1 aromatic rings. The molecule has 0 radical (unpaired) electrons. The maximum Gasteiger partial charge on any atom is 0.0589 e. The third-order valence-corrected chi connectivity index (χ3v) is 3.93. The molecule has 21 heavy (non-hydrogen) atoms. The van der Waals surface area contributed by atoms with Gasteiger partial charge in [-0.15, -0.1) is 0 Å². The average molecular weight is 292 g/mol. The summed E-state index contributed by atoms with van der Waals surface area (Å²) in [6, 6.07) is 9.51. The van der Waals surface area contributed by atoms with E-state index in [9.17, 15) is 0 Å². The molecule has 0 saturated heterocycles. The third-order valence-electron chi connectivity index (χ3n) is 3.93. The number of benzene rings is 1. The Morgan fingerprint density at radius 3 is 2.67 bits per heavy atom. The summed E-state index contributed by atoms with van der Waals surface area (Å²) >= 11 is 0. The first-order valence-electron chi connectivity index (χ1n) is 8.22. The molecule has 0 aromatic heterocycles. The van der Waals surface area contributed by atoms with Gasteiger partial charge in [0.2, 0.25) is 0 Å². The molecule has 0 fully saturated rings. The third kappa shape index (κ3) is 7.07. The fourth-order valence-electron chi connectivity index (χ4n) is 2.40. The van der Waals surface area contributed by atoms with Gasteiger partial charge in [0.25, 0.3) is 0 Å². The molecule has 1 rings (SSSR count). The Kier molecular flexibility index (Phi) is 9.31. The van der Waals surface area contributed by atoms with Gasteiger partial charge >= 0.3 is 0 Å². The highest BCUT2D eigenvalue weighted by Crippen LogP contribution is 2.12. The number of nitrogens with one attached hydrogen (secondary N) is 1. The van der Waals surface area contributed by atoms with Crippen LogP contribution in [-0.4, -0.2) is 37.7 Å². The van der Waals surface area contributed by atoms with Gasteiger partial charge in [0.15, 0.2) is 0 Å². The number of ether oxygens (including phenoxy) is 1. The maximum absolute atomic E-state index is 5.24. The summed E-state index contributed by atoms with van der Waals surface area (Å²) in [7, 11) is 1.77. The van der Waals surface area contributed by atoms with E-state index < -0.39 is 0 Å². The molecule has 3 nitrogen and oxygen atoms in total. The predicted octanol–water partition coefficient (Wildman–Crippen LogP) is 3.43. The van der Waals surface area contributed by atoms with Crippen molar-refractivity contribution >= 4 is 0 Å². The Morgan fingerprint density at radius 1 is 1.24 bits per heavy atom. The molecule has 0 aliphatic heterocycles. The number of methoxy groups -OCH3 is 1. The Balaban J connectivity index is 2.62. The Hall–Kier alpha value is -0.900. The Morgan fingerprint density at radius 2 is 2.00 bits per heavy atom. The van der Waals surface area contributed by atoms with Crippen molar-refractivity contribution in [3.63, 3.8) is 0 Å². The van der Waals surface area contributed by atoms with Gasteiger partial charge in [-0.05, 0) is 37.4 Å². The highest BCUT2D eigenvalue weighted by atomic mass is 16.5. The highest BCUT2D eigenvalue weighted by molar-refractivity contribution is 5.23. The lowest BCUT2D eigenvalue weighted by Crippen LogP contribution is -2.34. The first-order chi connectivity index (χ1) is 10.2. The van der Waals surface area contributed by atoms with E-state index in [2.05, 4.69) is 55.3 Å². The molecule has 0 bridgehead atoms. The summed E-state index contributed by atoms with van der Waals surface area (Å²) in [5, 5.41) is 3.47. The van der Waals surface area contributed by atoms with Crippen LogP contribution >= 0.6 is 0 Å². The topological polar surface area (TPSA) is 24.5 Å². The monoisotopic (exact) mass is 292 g/mol. The molecular weight excluding hydrogens is 260 g/mol. The predicted molar refractivity (Wildman–Crippen MR) is 90.5 cm³/mol. The second kappa shape index (κ2) is 10.8. The molecule has 0 aliphatic rings. The summed E-state index contributed by atoms with van der Waals surface area (Å²) < 4.78 is 5.24. The van der Waals surface area contributed by atoms with Crippen LogP contribution in [-0.2, 0) is 17.8 Å². The fourth-order valence-corrected chi connectivity index (χ4v) is 2.40. The SMILES string of the molecule is CCCNCc1cccc(CN(CCOC)C(C)CC)c1. The molecule has 3 heteroatoms. The highest BCUT2D eigenvalue weighted by Gasteiger charge is 2.12. The van der Waals surface area contributed by atoms with E-state index in [1.807, 2.05) is 0 Å². The second-order valence-electron chi connectivity index (χ2n) is 5.72. The van der Waals surface area contributed by atoms with Crippen LogP contribution in [0.1, 0.15) is 44.7 Å². The average Bonchev–Trinajstić information content (AvgIpc) is 2.51. The first kappa shape index (κ1) is 18.1. The second-order valence-corrected chi connectivity index (χ2v) is 5.72. The van der Waals surface area contributed by atoms with Crippen molar-refractivity contribution in [2.45, 2.75) is 52.7 Å². The summed E-state index contributed by atoms with van der Waals surface area (Å²) in [4.78, 5) is 2.50. The number of hydrogen-bond acceptors (Lipinski definition) is 3. The zero-order chi connectivity index (χ0) is 15.5. The number of nitrogens with zero attached hydrogens (tertiary/aromatic N) is 1. The summed E-state index contributed by atoms with van der Waals surface area (Å²) in [6.45, 7) is 11.6. The molecule has 120 valence electrons. The van der Waals surface area contributed by atoms with Gasteiger partial charge in [-0.3, -0.25) is 4.90 Å². The summed E-state index contributed by atoms with van der Waals surface area (Å²) in [5.74, 6) is 0. The number of rotatable bonds is 11. The quantitative estimate of drug-likeness (QED) is 0.632. The van der Waals surface area contributed by atoms with Gasteiger partial charge < -0.3 is 10.1 Å². The minimum atomic E-state index is 0.585. The van der Waals surface area contributed by atoms with Gasteiger partial charge in [-0.2, -0.15) is 0 Å². The fraction of sp³-hybridized carbons (Fsp3) is 0.667. The van der Waals surface area contributed by atoms with Crippen LogP contribution in [0.5, 0.6) is 0 Å². The first-order valence-corrected chi connectivity index (χ1v) is 8.22. The molecule has 1 atom stereocenters. The molecule has 1 unspecified atom stereocenters. The minimum absolute atomic E-state index is 0.585. The van der Waals surface area contributed by atoms with E-state index in [0.29, 0.717) is 6.04 Å². The van der Waals surface area contributed by atoms with E-state index in [1.165, 1.54) is 24.0 Å². The van der Waals surface area contributed by atoms with Crippen molar-refractivity contribution in [3.8, 4) is 0 Å². The molecule has 0 aliphatic carbocycles. The van der Waals surface area contributed by atoms with Crippen molar-refractivity contribution in [3.05, 3.63) is 35.4 Å². The van der Waals surface area contributed by atoms with Gasteiger partial charge in [-0.1, -0.05) is 38.1 Å². The van der Waals surface area contributed by atoms with E-state index in [1.54, 1.807) is 7.11 Å². The zero-order valence-electron chi connectivity index (χ0n) is 14.2. The van der Waals surface area contributed by atoms with Crippen molar-refractivity contribution in [2.75, 3.05) is 26.8 Å². The maximum atomic E-state index is 5.24. The summed E-state index contributed by atoms with van der Waals surface area (Å²) in [5.41, 5.74) is 2.76. The molecule has 0 heterocycles. The molecule has 0 spiro atoms. The molecule has 0 amide bonds. The lowest BCUT2D eigenvalue weighted by atomic mass is 10.1.